The Morgan fingerprint density at radius 2 is 2.27 bits per heavy atom. The second kappa shape index (κ2) is 4.59. The van der Waals surface area contributed by atoms with Crippen molar-refractivity contribution in [2.75, 3.05) is 20.2 Å². The van der Waals surface area contributed by atoms with E-state index in [0.717, 1.165) is 31.5 Å². The Kier molecular flexibility index (Phi) is 2.65. The molecule has 1 aromatic carbocycles. The summed E-state index contributed by atoms with van der Waals surface area (Å²) in [5.41, 5.74) is 1.83. The summed E-state index contributed by atoms with van der Waals surface area (Å²) in [7, 11) is 1.62. The van der Waals surface area contributed by atoms with E-state index in [9.17, 15) is 9.90 Å². The van der Waals surface area contributed by atoms with Gasteiger partial charge in [-0.3, -0.25) is 9.69 Å². The topological polar surface area (TPSA) is 59.0 Å². The second-order valence-corrected chi connectivity index (χ2v) is 8.17. The largest absolute Gasteiger partial charge is 0.493 e. The van der Waals surface area contributed by atoms with Gasteiger partial charge < -0.3 is 14.6 Å². The SMILES string of the molecule is COc1ccc2c3c1O[C@H]1C(=O)C=CC4(O)[C@@H](C2)N(CC2=CC2)CCC314. The van der Waals surface area contributed by atoms with E-state index >= 15 is 0 Å². The lowest BCUT2D eigenvalue weighted by atomic mass is 9.51. The molecule has 1 aromatic rings. The number of likely N-dealkylation sites (tertiary alicyclic amines) is 1. The van der Waals surface area contributed by atoms with Crippen LogP contribution in [0.2, 0.25) is 0 Å². The molecular formula is C21H21NO4. The third-order valence-corrected chi connectivity index (χ3v) is 7.09. The van der Waals surface area contributed by atoms with E-state index in [-0.39, 0.29) is 11.8 Å². The monoisotopic (exact) mass is 351 g/mol. The molecule has 0 amide bonds. The van der Waals surface area contributed by atoms with E-state index in [2.05, 4.69) is 17.0 Å². The number of hydrogen-bond acceptors (Lipinski definition) is 5. The lowest BCUT2D eigenvalue weighted by molar-refractivity contribution is -0.153. The summed E-state index contributed by atoms with van der Waals surface area (Å²) in [4.78, 5) is 15.1. The smallest absolute Gasteiger partial charge is 0.196 e. The number of nitrogens with zero attached hydrogens (tertiary/aromatic N) is 1. The normalized spacial score (nSPS) is 38.5. The van der Waals surface area contributed by atoms with E-state index in [0.29, 0.717) is 17.9 Å². The highest BCUT2D eigenvalue weighted by Crippen LogP contribution is 2.63. The minimum atomic E-state index is -1.09. The zero-order valence-corrected chi connectivity index (χ0v) is 14.7. The van der Waals surface area contributed by atoms with Gasteiger partial charge in [0, 0.05) is 24.7 Å². The van der Waals surface area contributed by atoms with Crippen LogP contribution in [-0.2, 0) is 16.6 Å². The first-order valence-electron chi connectivity index (χ1n) is 9.33. The van der Waals surface area contributed by atoms with E-state index in [1.807, 2.05) is 6.07 Å². The number of allylic oxidation sites excluding steroid dienone is 1. The predicted molar refractivity (Wildman–Crippen MR) is 94.6 cm³/mol. The molecule has 2 bridgehead atoms. The van der Waals surface area contributed by atoms with Crippen LogP contribution in [-0.4, -0.2) is 53.7 Å². The maximum absolute atomic E-state index is 12.7. The third-order valence-electron chi connectivity index (χ3n) is 7.09. The molecule has 5 nitrogen and oxygen atoms in total. The summed E-state index contributed by atoms with van der Waals surface area (Å²) in [6.45, 7) is 1.77. The predicted octanol–water partition coefficient (Wildman–Crippen LogP) is 1.52. The van der Waals surface area contributed by atoms with Crippen molar-refractivity contribution in [2.24, 2.45) is 0 Å². The van der Waals surface area contributed by atoms with Crippen LogP contribution in [0, 0.1) is 0 Å². The molecule has 3 aliphatic carbocycles. The molecule has 26 heavy (non-hydrogen) atoms. The Hall–Kier alpha value is -2.11. The number of hydrogen-bond donors (Lipinski definition) is 1. The van der Waals surface area contributed by atoms with Gasteiger partial charge in [0.1, 0.15) is 5.60 Å². The molecule has 5 heteroatoms. The molecule has 2 aliphatic heterocycles. The van der Waals surface area contributed by atoms with Gasteiger partial charge in [-0.1, -0.05) is 17.7 Å². The van der Waals surface area contributed by atoms with Crippen molar-refractivity contribution in [1.29, 1.82) is 0 Å². The maximum Gasteiger partial charge on any atom is 0.196 e. The highest BCUT2D eigenvalue weighted by molar-refractivity contribution is 5.99. The number of methoxy groups -OCH3 is 1. The van der Waals surface area contributed by atoms with Gasteiger partial charge in [0.05, 0.1) is 12.5 Å². The van der Waals surface area contributed by atoms with Gasteiger partial charge >= 0.3 is 0 Å². The fourth-order valence-electron chi connectivity index (χ4n) is 5.81. The number of rotatable bonds is 3. The Labute approximate surface area is 151 Å². The molecule has 134 valence electrons. The van der Waals surface area contributed by atoms with Crippen molar-refractivity contribution in [3.8, 4) is 11.5 Å². The number of ketones is 1. The van der Waals surface area contributed by atoms with Gasteiger partial charge in [-0.25, -0.2) is 0 Å². The van der Waals surface area contributed by atoms with Gasteiger partial charge in [-0.2, -0.15) is 0 Å². The molecule has 1 N–H and O–H groups in total. The minimum Gasteiger partial charge on any atom is -0.493 e. The second-order valence-electron chi connectivity index (χ2n) is 8.17. The van der Waals surface area contributed by atoms with Crippen LogP contribution in [0.3, 0.4) is 0 Å². The Morgan fingerprint density at radius 1 is 1.42 bits per heavy atom. The Balaban J connectivity index is 1.61. The molecule has 0 aromatic heterocycles. The van der Waals surface area contributed by atoms with Crippen LogP contribution in [0.15, 0.2) is 35.9 Å². The molecule has 2 heterocycles. The van der Waals surface area contributed by atoms with Crippen LogP contribution >= 0.6 is 0 Å². The molecule has 6 rings (SSSR count). The van der Waals surface area contributed by atoms with Crippen molar-refractivity contribution in [1.82, 2.24) is 4.90 Å². The lowest BCUT2D eigenvalue weighted by Crippen LogP contribution is -2.75. The molecule has 4 atom stereocenters. The van der Waals surface area contributed by atoms with Crippen LogP contribution in [0.25, 0.3) is 0 Å². The third kappa shape index (κ3) is 1.53. The summed E-state index contributed by atoms with van der Waals surface area (Å²) in [5, 5.41) is 12.0. The van der Waals surface area contributed by atoms with Gasteiger partial charge in [0.2, 0.25) is 0 Å². The number of ether oxygens (including phenoxy) is 2. The number of carbonyl (C=O) groups is 1. The summed E-state index contributed by atoms with van der Waals surface area (Å²) >= 11 is 0. The van der Waals surface area contributed by atoms with E-state index < -0.39 is 17.1 Å². The molecule has 1 fully saturated rings. The van der Waals surface area contributed by atoms with E-state index in [1.165, 1.54) is 17.2 Å². The molecule has 0 saturated carbocycles. The average Bonchev–Trinajstić information content (AvgIpc) is 3.37. The zero-order valence-electron chi connectivity index (χ0n) is 14.7. The molecule has 1 spiro atoms. The molecular weight excluding hydrogens is 330 g/mol. The number of aliphatic hydroxyl groups is 1. The Bertz CT molecular complexity index is 919. The molecule has 2 unspecified atom stereocenters. The van der Waals surface area contributed by atoms with Gasteiger partial charge in [-0.15, -0.1) is 0 Å². The molecule has 1 saturated heterocycles. The highest BCUT2D eigenvalue weighted by atomic mass is 16.5. The first kappa shape index (κ1) is 15.0. The fourth-order valence-corrected chi connectivity index (χ4v) is 5.81. The average molecular weight is 351 g/mol. The molecule has 0 radical (unpaired) electrons. The van der Waals surface area contributed by atoms with Crippen LogP contribution in [0.5, 0.6) is 11.5 Å². The first-order chi connectivity index (χ1) is 12.6. The van der Waals surface area contributed by atoms with Crippen molar-refractivity contribution >= 4 is 5.78 Å². The number of carbonyl (C=O) groups excluding carboxylic acids is 1. The Morgan fingerprint density at radius 3 is 3.04 bits per heavy atom. The molecule has 5 aliphatic rings. The van der Waals surface area contributed by atoms with Crippen molar-refractivity contribution < 1.29 is 19.4 Å². The summed E-state index contributed by atoms with van der Waals surface area (Å²) < 4.78 is 11.7. The fraction of sp³-hybridized carbons (Fsp3) is 0.476. The quantitative estimate of drug-likeness (QED) is 0.837. The highest BCUT2D eigenvalue weighted by Gasteiger charge is 2.72. The number of benzene rings is 1. The standard InChI is InChI=1S/C21H21NO4/c1-25-15-5-4-13-10-16-21(24)7-6-14(23)19-20(21,17(13)18(15)26-19)8-9-22(16)11-12-2-3-12/h2,4-7,16,19,24H,3,8-11H2,1H3/t16-,19+,20?,21?/m1/s1. The zero-order chi connectivity index (χ0) is 17.7. The van der Waals surface area contributed by atoms with Crippen molar-refractivity contribution in [2.45, 2.75) is 42.4 Å². The summed E-state index contributed by atoms with van der Waals surface area (Å²) in [5.74, 6) is 1.24. The first-order valence-corrected chi connectivity index (χ1v) is 9.33. The van der Waals surface area contributed by atoms with Crippen LogP contribution in [0.4, 0.5) is 0 Å². The van der Waals surface area contributed by atoms with E-state index in [4.69, 9.17) is 9.47 Å². The summed E-state index contributed by atoms with van der Waals surface area (Å²) in [6.07, 6.45) is 7.42. The summed E-state index contributed by atoms with van der Waals surface area (Å²) in [6, 6.07) is 3.97. The van der Waals surface area contributed by atoms with Crippen molar-refractivity contribution in [3.05, 3.63) is 47.1 Å². The van der Waals surface area contributed by atoms with E-state index in [1.54, 1.807) is 13.2 Å². The lowest BCUT2D eigenvalue weighted by Gasteiger charge is -2.60. The van der Waals surface area contributed by atoms with Crippen LogP contribution in [0.1, 0.15) is 24.0 Å². The van der Waals surface area contributed by atoms with Gasteiger partial charge in [0.25, 0.3) is 0 Å². The van der Waals surface area contributed by atoms with Gasteiger partial charge in [-0.05, 0) is 43.0 Å². The maximum atomic E-state index is 12.7. The van der Waals surface area contributed by atoms with Crippen LogP contribution < -0.4 is 9.47 Å². The number of piperidine rings is 1. The van der Waals surface area contributed by atoms with Gasteiger partial charge in [0.15, 0.2) is 23.4 Å². The minimum absolute atomic E-state index is 0.0416. The van der Waals surface area contributed by atoms with Crippen molar-refractivity contribution in [3.63, 3.8) is 0 Å².